The first-order valence-electron chi connectivity index (χ1n) is 7.20. The van der Waals surface area contributed by atoms with Crippen LogP contribution in [0.15, 0.2) is 12.3 Å². The summed E-state index contributed by atoms with van der Waals surface area (Å²) < 4.78 is 0. The molecule has 1 aliphatic heterocycles. The van der Waals surface area contributed by atoms with Crippen LogP contribution in [0.4, 0.5) is 5.95 Å². The molecular weight excluding hydrogens is 238 g/mol. The van der Waals surface area contributed by atoms with Crippen LogP contribution in [0.5, 0.6) is 0 Å². The maximum absolute atomic E-state index is 7.50. The van der Waals surface area contributed by atoms with E-state index in [1.54, 1.807) is 12.3 Å². The number of hydrogen-bond donors (Lipinski definition) is 2. The summed E-state index contributed by atoms with van der Waals surface area (Å²) in [5, 5.41) is 7.50. The SMILES string of the molecule is N=C(N)c1ccnc(N2CCC[C@H]3CCCC[C@H]32)n1. The molecule has 2 fully saturated rings. The van der Waals surface area contributed by atoms with Gasteiger partial charge in [-0.3, -0.25) is 5.41 Å². The lowest BCUT2D eigenvalue weighted by atomic mass is 9.78. The number of rotatable bonds is 2. The number of piperidine rings is 1. The van der Waals surface area contributed by atoms with Crippen LogP contribution in [0.25, 0.3) is 0 Å². The van der Waals surface area contributed by atoms with Gasteiger partial charge in [-0.1, -0.05) is 12.8 Å². The standard InChI is InChI=1S/C14H21N5/c15-13(16)11-7-8-17-14(18-11)19-9-3-5-10-4-1-2-6-12(10)19/h7-8,10,12H,1-6,9H2,(H3,15,16)/t10-,12-/m1/s1. The lowest BCUT2D eigenvalue weighted by molar-refractivity contribution is 0.241. The molecule has 102 valence electrons. The molecule has 19 heavy (non-hydrogen) atoms. The fourth-order valence-corrected chi connectivity index (χ4v) is 3.51. The smallest absolute Gasteiger partial charge is 0.226 e. The van der Waals surface area contributed by atoms with Gasteiger partial charge in [-0.15, -0.1) is 0 Å². The fourth-order valence-electron chi connectivity index (χ4n) is 3.51. The van der Waals surface area contributed by atoms with Crippen LogP contribution in [0.1, 0.15) is 44.2 Å². The van der Waals surface area contributed by atoms with Crippen LogP contribution in [-0.4, -0.2) is 28.4 Å². The Kier molecular flexibility index (Phi) is 3.36. The van der Waals surface area contributed by atoms with E-state index in [0.717, 1.165) is 18.4 Å². The van der Waals surface area contributed by atoms with Crippen molar-refractivity contribution in [2.24, 2.45) is 11.7 Å². The van der Waals surface area contributed by atoms with Crippen molar-refractivity contribution in [3.05, 3.63) is 18.0 Å². The maximum Gasteiger partial charge on any atom is 0.226 e. The minimum absolute atomic E-state index is 0.0147. The summed E-state index contributed by atoms with van der Waals surface area (Å²) in [4.78, 5) is 11.2. The second-order valence-corrected chi connectivity index (χ2v) is 5.60. The Morgan fingerprint density at radius 3 is 2.89 bits per heavy atom. The van der Waals surface area contributed by atoms with Crippen molar-refractivity contribution in [3.8, 4) is 0 Å². The Labute approximate surface area is 113 Å². The third kappa shape index (κ3) is 2.41. The van der Waals surface area contributed by atoms with E-state index < -0.39 is 0 Å². The van der Waals surface area contributed by atoms with E-state index in [2.05, 4.69) is 14.9 Å². The second kappa shape index (κ2) is 5.15. The molecular formula is C14H21N5. The molecule has 0 amide bonds. The first-order chi connectivity index (χ1) is 9.25. The Bertz CT molecular complexity index is 471. The number of nitrogens with zero attached hydrogens (tertiary/aromatic N) is 3. The molecule has 0 unspecified atom stereocenters. The lowest BCUT2D eigenvalue weighted by Gasteiger charge is -2.44. The zero-order chi connectivity index (χ0) is 13.2. The van der Waals surface area contributed by atoms with Gasteiger partial charge in [0.05, 0.1) is 0 Å². The number of anilines is 1. The van der Waals surface area contributed by atoms with E-state index in [1.165, 1.54) is 38.5 Å². The molecule has 5 nitrogen and oxygen atoms in total. The van der Waals surface area contributed by atoms with Gasteiger partial charge in [0.15, 0.2) is 0 Å². The van der Waals surface area contributed by atoms with Gasteiger partial charge in [0.2, 0.25) is 5.95 Å². The van der Waals surface area contributed by atoms with Gasteiger partial charge in [-0.05, 0) is 37.7 Å². The van der Waals surface area contributed by atoms with E-state index in [-0.39, 0.29) is 5.84 Å². The van der Waals surface area contributed by atoms with Crippen molar-refractivity contribution >= 4 is 11.8 Å². The molecule has 1 aromatic heterocycles. The van der Waals surface area contributed by atoms with Gasteiger partial charge in [0, 0.05) is 18.8 Å². The van der Waals surface area contributed by atoms with Gasteiger partial charge in [-0.2, -0.15) is 0 Å². The van der Waals surface area contributed by atoms with Crippen LogP contribution in [0, 0.1) is 11.3 Å². The number of fused-ring (bicyclic) bond motifs is 1. The molecule has 1 aliphatic carbocycles. The number of aromatic nitrogens is 2. The molecule has 0 radical (unpaired) electrons. The monoisotopic (exact) mass is 259 g/mol. The van der Waals surface area contributed by atoms with Crippen molar-refractivity contribution in [2.45, 2.75) is 44.6 Å². The minimum Gasteiger partial charge on any atom is -0.382 e. The van der Waals surface area contributed by atoms with Crippen LogP contribution < -0.4 is 10.6 Å². The summed E-state index contributed by atoms with van der Waals surface area (Å²) in [5.41, 5.74) is 6.05. The first kappa shape index (κ1) is 12.4. The highest BCUT2D eigenvalue weighted by atomic mass is 15.3. The highest BCUT2D eigenvalue weighted by Gasteiger charge is 2.34. The van der Waals surface area contributed by atoms with Crippen LogP contribution in [-0.2, 0) is 0 Å². The number of nitrogen functional groups attached to an aromatic ring is 1. The number of hydrogen-bond acceptors (Lipinski definition) is 4. The summed E-state index contributed by atoms with van der Waals surface area (Å²) in [5.74, 6) is 1.57. The van der Waals surface area contributed by atoms with E-state index in [4.69, 9.17) is 11.1 Å². The van der Waals surface area contributed by atoms with Gasteiger partial charge < -0.3 is 10.6 Å². The zero-order valence-corrected chi connectivity index (χ0v) is 11.2. The van der Waals surface area contributed by atoms with Crippen molar-refractivity contribution in [1.82, 2.24) is 9.97 Å². The van der Waals surface area contributed by atoms with E-state index in [1.807, 2.05) is 0 Å². The predicted octanol–water partition coefficient (Wildman–Crippen LogP) is 1.92. The normalized spacial score (nSPS) is 26.8. The predicted molar refractivity (Wildman–Crippen MR) is 75.4 cm³/mol. The molecule has 5 heteroatoms. The molecule has 0 spiro atoms. The number of nitrogens with two attached hydrogens (primary N) is 1. The van der Waals surface area contributed by atoms with E-state index in [0.29, 0.717) is 11.7 Å². The Balaban J connectivity index is 1.87. The molecule has 2 aliphatic rings. The van der Waals surface area contributed by atoms with Gasteiger partial charge in [-0.25, -0.2) is 9.97 Å². The van der Waals surface area contributed by atoms with Gasteiger partial charge in [0.1, 0.15) is 11.5 Å². The average Bonchev–Trinajstić information content (AvgIpc) is 2.47. The van der Waals surface area contributed by atoms with Crippen LogP contribution in [0.3, 0.4) is 0 Å². The molecule has 2 heterocycles. The van der Waals surface area contributed by atoms with Crippen molar-refractivity contribution in [3.63, 3.8) is 0 Å². The third-order valence-corrected chi connectivity index (χ3v) is 4.42. The molecule has 2 atom stereocenters. The maximum atomic E-state index is 7.50. The van der Waals surface area contributed by atoms with Crippen molar-refractivity contribution in [1.29, 1.82) is 5.41 Å². The van der Waals surface area contributed by atoms with E-state index >= 15 is 0 Å². The second-order valence-electron chi connectivity index (χ2n) is 5.60. The zero-order valence-electron chi connectivity index (χ0n) is 11.2. The molecule has 1 saturated heterocycles. The Morgan fingerprint density at radius 2 is 2.05 bits per heavy atom. The summed E-state index contributed by atoms with van der Waals surface area (Å²) >= 11 is 0. The Morgan fingerprint density at radius 1 is 1.26 bits per heavy atom. The Hall–Kier alpha value is -1.65. The molecule has 3 rings (SSSR count). The largest absolute Gasteiger partial charge is 0.382 e. The summed E-state index contributed by atoms with van der Waals surface area (Å²) in [6.07, 6.45) is 9.53. The van der Waals surface area contributed by atoms with Gasteiger partial charge >= 0.3 is 0 Å². The average molecular weight is 259 g/mol. The van der Waals surface area contributed by atoms with Gasteiger partial charge in [0.25, 0.3) is 0 Å². The van der Waals surface area contributed by atoms with E-state index in [9.17, 15) is 0 Å². The molecule has 0 bridgehead atoms. The summed E-state index contributed by atoms with van der Waals surface area (Å²) in [6.45, 7) is 1.03. The number of amidine groups is 1. The fraction of sp³-hybridized carbons (Fsp3) is 0.643. The van der Waals surface area contributed by atoms with Crippen LogP contribution >= 0.6 is 0 Å². The summed E-state index contributed by atoms with van der Waals surface area (Å²) in [7, 11) is 0. The summed E-state index contributed by atoms with van der Waals surface area (Å²) in [6, 6.07) is 2.29. The van der Waals surface area contributed by atoms with Crippen molar-refractivity contribution < 1.29 is 0 Å². The molecule has 3 N–H and O–H groups in total. The number of nitrogens with one attached hydrogen (secondary N) is 1. The highest BCUT2D eigenvalue weighted by molar-refractivity contribution is 5.93. The lowest BCUT2D eigenvalue weighted by Crippen LogP contribution is -2.47. The van der Waals surface area contributed by atoms with Crippen LogP contribution in [0.2, 0.25) is 0 Å². The molecule has 0 aromatic carbocycles. The first-order valence-corrected chi connectivity index (χ1v) is 7.20. The highest BCUT2D eigenvalue weighted by Crippen LogP contribution is 2.36. The molecule has 1 saturated carbocycles. The third-order valence-electron chi connectivity index (χ3n) is 4.42. The molecule has 1 aromatic rings. The topological polar surface area (TPSA) is 78.9 Å². The quantitative estimate of drug-likeness (QED) is 0.628. The minimum atomic E-state index is 0.0147. The van der Waals surface area contributed by atoms with Crippen molar-refractivity contribution in [2.75, 3.05) is 11.4 Å².